The van der Waals surface area contributed by atoms with Gasteiger partial charge in [-0.2, -0.15) is 0 Å². The van der Waals surface area contributed by atoms with Crippen molar-refractivity contribution in [3.05, 3.63) is 0 Å². The maximum Gasteiger partial charge on any atom is 0.321 e. The first kappa shape index (κ1) is 17.0. The number of amides is 1. The van der Waals surface area contributed by atoms with Crippen molar-refractivity contribution in [3.63, 3.8) is 0 Å². The van der Waals surface area contributed by atoms with Crippen LogP contribution in [-0.2, 0) is 21.1 Å². The predicted octanol–water partition coefficient (Wildman–Crippen LogP) is -0.0360. The van der Waals surface area contributed by atoms with Crippen LogP contribution in [0.15, 0.2) is 0 Å². The highest BCUT2D eigenvalue weighted by atomic mass is 32.5. The number of rotatable bonds is 7. The van der Waals surface area contributed by atoms with Gasteiger partial charge in [-0.05, 0) is 11.8 Å². The summed E-state index contributed by atoms with van der Waals surface area (Å²) in [7, 11) is 0. The van der Waals surface area contributed by atoms with Crippen LogP contribution in [0.2, 0.25) is 0 Å². The van der Waals surface area contributed by atoms with E-state index in [1.807, 2.05) is 20.8 Å². The van der Waals surface area contributed by atoms with Crippen LogP contribution >= 0.6 is 6.72 Å². The van der Waals surface area contributed by atoms with E-state index >= 15 is 0 Å². The Morgan fingerprint density at radius 3 is 2.35 bits per heavy atom. The smallest absolute Gasteiger partial charge is 0.321 e. The third-order valence-electron chi connectivity index (χ3n) is 1.81. The lowest BCUT2D eigenvalue weighted by Gasteiger charge is -2.17. The van der Waals surface area contributed by atoms with Gasteiger partial charge in [-0.3, -0.25) is 4.79 Å². The Hall–Kier alpha value is -0.0400. The third kappa shape index (κ3) is 10.8. The van der Waals surface area contributed by atoms with E-state index in [-0.39, 0.29) is 17.9 Å². The van der Waals surface area contributed by atoms with Crippen molar-refractivity contribution >= 4 is 24.4 Å². The minimum atomic E-state index is -3.54. The summed E-state index contributed by atoms with van der Waals surface area (Å²) in [5.41, 5.74) is -0.386. The summed E-state index contributed by atoms with van der Waals surface area (Å²) in [5, 5.41) is 5.75. The van der Waals surface area contributed by atoms with Gasteiger partial charge < -0.3 is 24.9 Å². The van der Waals surface area contributed by atoms with Gasteiger partial charge in [0.2, 0.25) is 5.91 Å². The number of hydrogen-bond donors (Lipinski definition) is 4. The molecule has 6 nitrogen and oxygen atoms in total. The van der Waals surface area contributed by atoms with Gasteiger partial charge in [0.05, 0.1) is 6.61 Å². The van der Waals surface area contributed by atoms with E-state index in [1.54, 1.807) is 0 Å². The molecule has 0 radical (unpaired) electrons. The summed E-state index contributed by atoms with van der Waals surface area (Å²) in [4.78, 5) is 29.0. The molecular formula is C9H21N2O4PS. The Morgan fingerprint density at radius 2 is 1.88 bits per heavy atom. The molecule has 0 heterocycles. The second kappa shape index (κ2) is 7.41. The predicted molar refractivity (Wildman–Crippen MR) is 70.0 cm³/mol. The van der Waals surface area contributed by atoms with Gasteiger partial charge in [-0.25, -0.2) is 0 Å². The first-order valence-corrected chi connectivity index (χ1v) is 7.94. The van der Waals surface area contributed by atoms with Crippen LogP contribution in [0.1, 0.15) is 20.8 Å². The third-order valence-corrected chi connectivity index (χ3v) is 2.64. The zero-order valence-electron chi connectivity index (χ0n) is 10.4. The molecule has 8 heteroatoms. The lowest BCUT2D eigenvalue weighted by molar-refractivity contribution is -0.128. The van der Waals surface area contributed by atoms with E-state index < -0.39 is 6.72 Å². The molecule has 0 saturated heterocycles. The summed E-state index contributed by atoms with van der Waals surface area (Å²) in [6.07, 6.45) is 0. The van der Waals surface area contributed by atoms with Crippen LogP contribution in [0.3, 0.4) is 0 Å². The first-order valence-electron chi connectivity index (χ1n) is 5.32. The number of nitrogens with one attached hydrogen (secondary N) is 2. The SMILES string of the molecule is CC(C)(C)C(=O)NCCNCCOP(O)(O)=S. The normalized spacial score (nSPS) is 12.5. The van der Waals surface area contributed by atoms with Crippen LogP contribution in [-0.4, -0.2) is 41.9 Å². The molecular weight excluding hydrogens is 263 g/mol. The summed E-state index contributed by atoms with van der Waals surface area (Å²) in [6.45, 7) is 3.69. The molecule has 0 unspecified atom stereocenters. The summed E-state index contributed by atoms with van der Waals surface area (Å²) in [5.74, 6) is -0.00299. The Labute approximate surface area is 107 Å². The number of carbonyl (C=O) groups is 1. The largest absolute Gasteiger partial charge is 0.354 e. The lowest BCUT2D eigenvalue weighted by Crippen LogP contribution is -2.39. The number of hydrogen-bond acceptors (Lipinski definition) is 4. The highest BCUT2D eigenvalue weighted by Gasteiger charge is 2.19. The molecule has 4 N–H and O–H groups in total. The van der Waals surface area contributed by atoms with Crippen LogP contribution < -0.4 is 10.6 Å². The van der Waals surface area contributed by atoms with Crippen molar-refractivity contribution in [2.75, 3.05) is 26.2 Å². The molecule has 0 fully saturated rings. The molecule has 0 aromatic rings. The lowest BCUT2D eigenvalue weighted by atomic mass is 9.96. The summed E-state index contributed by atoms with van der Waals surface area (Å²) in [6, 6.07) is 0. The van der Waals surface area contributed by atoms with Crippen molar-refractivity contribution in [2.24, 2.45) is 5.41 Å². The van der Waals surface area contributed by atoms with Crippen molar-refractivity contribution in [2.45, 2.75) is 20.8 Å². The van der Waals surface area contributed by atoms with Gasteiger partial charge in [-0.1, -0.05) is 20.8 Å². The molecule has 0 rings (SSSR count). The second-order valence-corrected chi connectivity index (χ2v) is 7.25. The minimum absolute atomic E-state index is 0.00299. The zero-order valence-corrected chi connectivity index (χ0v) is 12.1. The first-order chi connectivity index (χ1) is 7.63. The zero-order chi connectivity index (χ0) is 13.5. The molecule has 102 valence electrons. The van der Waals surface area contributed by atoms with Gasteiger partial charge in [0.15, 0.2) is 0 Å². The Balaban J connectivity index is 3.42. The van der Waals surface area contributed by atoms with E-state index in [2.05, 4.69) is 27.0 Å². The van der Waals surface area contributed by atoms with Crippen LogP contribution in [0.25, 0.3) is 0 Å². The summed E-state index contributed by atoms with van der Waals surface area (Å²) >= 11 is 4.28. The van der Waals surface area contributed by atoms with Gasteiger partial charge >= 0.3 is 6.72 Å². The highest BCUT2D eigenvalue weighted by molar-refractivity contribution is 8.06. The average Bonchev–Trinajstić information content (AvgIpc) is 2.12. The quantitative estimate of drug-likeness (QED) is 0.387. The van der Waals surface area contributed by atoms with Gasteiger partial charge in [0, 0.05) is 25.0 Å². The molecule has 1 amide bonds. The van der Waals surface area contributed by atoms with E-state index in [0.29, 0.717) is 19.6 Å². The van der Waals surface area contributed by atoms with Gasteiger partial charge in [0.1, 0.15) is 0 Å². The molecule has 0 aromatic heterocycles. The summed E-state index contributed by atoms with van der Waals surface area (Å²) < 4.78 is 4.60. The molecule has 17 heavy (non-hydrogen) atoms. The molecule has 0 aromatic carbocycles. The van der Waals surface area contributed by atoms with Crippen molar-refractivity contribution < 1.29 is 19.1 Å². The van der Waals surface area contributed by atoms with E-state index in [9.17, 15) is 4.79 Å². The van der Waals surface area contributed by atoms with Crippen molar-refractivity contribution in [1.29, 1.82) is 0 Å². The molecule has 0 bridgehead atoms. The fraction of sp³-hybridized carbons (Fsp3) is 0.889. The van der Waals surface area contributed by atoms with Crippen LogP contribution in [0.5, 0.6) is 0 Å². The van der Waals surface area contributed by atoms with Gasteiger partial charge in [-0.15, -0.1) is 0 Å². The maximum absolute atomic E-state index is 11.4. The highest BCUT2D eigenvalue weighted by Crippen LogP contribution is 2.35. The standard InChI is InChI=1S/C9H21N2O4PS/c1-9(2,3)8(12)11-5-4-10-6-7-15-16(13,14)17/h10H,4-7H2,1-3H3,(H,11,12)(H2,13,14,17). The fourth-order valence-electron chi connectivity index (χ4n) is 0.891. The molecule has 0 aliphatic rings. The fourth-order valence-corrected chi connectivity index (χ4v) is 1.44. The Kier molecular flexibility index (Phi) is 7.39. The van der Waals surface area contributed by atoms with Crippen LogP contribution in [0.4, 0.5) is 0 Å². The topological polar surface area (TPSA) is 90.8 Å². The van der Waals surface area contributed by atoms with Gasteiger partial charge in [0.25, 0.3) is 0 Å². The Bertz CT molecular complexity index is 287. The Morgan fingerprint density at radius 1 is 1.29 bits per heavy atom. The van der Waals surface area contributed by atoms with Crippen LogP contribution in [0, 0.1) is 5.41 Å². The molecule has 0 atom stereocenters. The molecule has 0 saturated carbocycles. The van der Waals surface area contributed by atoms with E-state index in [4.69, 9.17) is 9.79 Å². The van der Waals surface area contributed by atoms with Crippen molar-refractivity contribution in [1.82, 2.24) is 10.6 Å². The maximum atomic E-state index is 11.4. The van der Waals surface area contributed by atoms with E-state index in [1.165, 1.54) is 0 Å². The second-order valence-electron chi connectivity index (χ2n) is 4.58. The van der Waals surface area contributed by atoms with Crippen molar-refractivity contribution in [3.8, 4) is 0 Å². The minimum Gasteiger partial charge on any atom is -0.354 e. The molecule has 0 aliphatic heterocycles. The average molecular weight is 284 g/mol. The molecule has 0 spiro atoms. The monoisotopic (exact) mass is 284 g/mol. The number of carbonyl (C=O) groups excluding carboxylic acids is 1. The van der Waals surface area contributed by atoms with E-state index in [0.717, 1.165) is 0 Å². The molecule has 0 aliphatic carbocycles.